The Kier molecular flexibility index (Phi) is 34.8. The highest BCUT2D eigenvalue weighted by molar-refractivity contribution is 5.62. The highest BCUT2D eigenvalue weighted by Gasteiger charge is 1.92. The molecule has 0 heterocycles. The van der Waals surface area contributed by atoms with E-state index in [1.165, 1.54) is 90.1 Å². The van der Waals surface area contributed by atoms with Crippen LogP contribution in [0.15, 0.2) is 0 Å². The molecular weight excluding hydrogens is 290 g/mol. The normalized spacial score (nSPS) is 9.43. The van der Waals surface area contributed by atoms with Gasteiger partial charge in [-0.1, -0.05) is 78.1 Å². The molecule has 0 saturated heterocycles. The van der Waals surface area contributed by atoms with Crippen molar-refractivity contribution in [2.45, 2.75) is 97.8 Å². The summed E-state index contributed by atoms with van der Waals surface area (Å²) in [6.45, 7) is 8.12. The third kappa shape index (κ3) is 44.9. The second-order valence-electron chi connectivity index (χ2n) is 5.80. The van der Waals surface area contributed by atoms with Gasteiger partial charge in [0.25, 0.3) is 5.97 Å². The molecule has 0 amide bonds. The fraction of sp³-hybridized carbons (Fsp3) is 0.947. The smallest absolute Gasteiger partial charge is 0.300 e. The Bertz CT molecular complexity index is 181. The first-order valence-electron chi connectivity index (χ1n) is 9.50. The zero-order chi connectivity index (χ0) is 18.2. The highest BCUT2D eigenvalue weighted by Crippen LogP contribution is 2.05. The Morgan fingerprint density at radius 1 is 0.696 bits per heavy atom. The first-order chi connectivity index (χ1) is 11.1. The van der Waals surface area contributed by atoms with E-state index >= 15 is 0 Å². The molecule has 4 heteroatoms. The minimum atomic E-state index is -0.833. The number of carboxylic acid groups (broad SMARTS) is 1. The van der Waals surface area contributed by atoms with E-state index < -0.39 is 5.97 Å². The predicted molar refractivity (Wildman–Crippen MR) is 101 cm³/mol. The molecule has 0 rings (SSSR count). The number of unbranched alkanes of at least 4 members (excludes halogenated alkanes) is 10. The highest BCUT2D eigenvalue weighted by atomic mass is 16.4. The van der Waals surface area contributed by atoms with Crippen molar-refractivity contribution in [1.29, 1.82) is 0 Å². The van der Waals surface area contributed by atoms with Crippen molar-refractivity contribution in [3.05, 3.63) is 0 Å². The summed E-state index contributed by atoms with van der Waals surface area (Å²) in [6.07, 6.45) is 16.9. The van der Waals surface area contributed by atoms with E-state index in [0.29, 0.717) is 0 Å². The van der Waals surface area contributed by atoms with Crippen molar-refractivity contribution in [2.24, 2.45) is 0 Å². The Morgan fingerprint density at radius 2 is 0.957 bits per heavy atom. The van der Waals surface area contributed by atoms with Gasteiger partial charge in [-0.25, -0.2) is 0 Å². The minimum absolute atomic E-state index is 0.833. The SMILES string of the molecule is CC(=O)O.CCCCCCCCNCCCCCCCC.CO. The monoisotopic (exact) mass is 333 g/mol. The third-order valence-corrected chi connectivity index (χ3v) is 3.41. The largest absolute Gasteiger partial charge is 0.481 e. The van der Waals surface area contributed by atoms with Crippen molar-refractivity contribution in [2.75, 3.05) is 20.2 Å². The molecule has 0 aliphatic carbocycles. The van der Waals surface area contributed by atoms with E-state index in [0.717, 1.165) is 14.0 Å². The average Bonchev–Trinajstić information content (AvgIpc) is 2.53. The Balaban J connectivity index is -0.000000574. The van der Waals surface area contributed by atoms with Gasteiger partial charge in [0, 0.05) is 14.0 Å². The van der Waals surface area contributed by atoms with Gasteiger partial charge in [0.1, 0.15) is 0 Å². The quantitative estimate of drug-likeness (QED) is 0.391. The number of aliphatic hydroxyl groups excluding tert-OH is 1. The van der Waals surface area contributed by atoms with Crippen LogP contribution in [0.1, 0.15) is 97.8 Å². The van der Waals surface area contributed by atoms with Gasteiger partial charge >= 0.3 is 0 Å². The zero-order valence-electron chi connectivity index (χ0n) is 16.2. The molecule has 0 fully saturated rings. The summed E-state index contributed by atoms with van der Waals surface area (Å²) in [4.78, 5) is 9.00. The third-order valence-electron chi connectivity index (χ3n) is 3.41. The molecule has 142 valence electrons. The molecule has 0 saturated carbocycles. The van der Waals surface area contributed by atoms with Crippen LogP contribution in [0.2, 0.25) is 0 Å². The number of carbonyl (C=O) groups is 1. The lowest BCUT2D eigenvalue weighted by Crippen LogP contribution is -2.16. The summed E-state index contributed by atoms with van der Waals surface area (Å²) in [6, 6.07) is 0. The summed E-state index contributed by atoms with van der Waals surface area (Å²) in [5.74, 6) is -0.833. The summed E-state index contributed by atoms with van der Waals surface area (Å²) < 4.78 is 0. The standard InChI is InChI=1S/C16H35N.C2H4O2.CH4O/c1-3-5-7-9-11-13-15-17-16-14-12-10-8-6-4-2;1-2(3)4;1-2/h17H,3-16H2,1-2H3;1H3,(H,3,4);2H,1H3. The lowest BCUT2D eigenvalue weighted by molar-refractivity contribution is -0.134. The van der Waals surface area contributed by atoms with Gasteiger partial charge in [-0.15, -0.1) is 0 Å². The van der Waals surface area contributed by atoms with Crippen molar-refractivity contribution in [3.8, 4) is 0 Å². The van der Waals surface area contributed by atoms with Gasteiger partial charge in [-0.2, -0.15) is 0 Å². The van der Waals surface area contributed by atoms with Gasteiger partial charge in [0.15, 0.2) is 0 Å². The van der Waals surface area contributed by atoms with Gasteiger partial charge in [0.05, 0.1) is 0 Å². The van der Waals surface area contributed by atoms with Crippen LogP contribution < -0.4 is 5.32 Å². The molecule has 0 aromatic carbocycles. The zero-order valence-corrected chi connectivity index (χ0v) is 16.2. The predicted octanol–water partition coefficient (Wildman–Crippen LogP) is 5.00. The number of nitrogens with one attached hydrogen (secondary N) is 1. The van der Waals surface area contributed by atoms with Gasteiger partial charge < -0.3 is 15.5 Å². The second-order valence-corrected chi connectivity index (χ2v) is 5.80. The first-order valence-corrected chi connectivity index (χ1v) is 9.50. The van der Waals surface area contributed by atoms with E-state index in [-0.39, 0.29) is 0 Å². The first kappa shape index (κ1) is 27.2. The van der Waals surface area contributed by atoms with Gasteiger partial charge in [-0.3, -0.25) is 4.79 Å². The summed E-state index contributed by atoms with van der Waals surface area (Å²) in [5, 5.41) is 18.0. The summed E-state index contributed by atoms with van der Waals surface area (Å²) in [5.41, 5.74) is 0. The minimum Gasteiger partial charge on any atom is -0.481 e. The molecule has 0 radical (unpaired) electrons. The fourth-order valence-corrected chi connectivity index (χ4v) is 2.19. The van der Waals surface area contributed by atoms with Crippen LogP contribution in [-0.4, -0.2) is 36.4 Å². The van der Waals surface area contributed by atoms with E-state index in [1.807, 2.05) is 0 Å². The number of aliphatic carboxylic acids is 1. The second kappa shape index (κ2) is 29.4. The lowest BCUT2D eigenvalue weighted by atomic mass is 10.1. The van der Waals surface area contributed by atoms with Crippen LogP contribution in [-0.2, 0) is 4.79 Å². The molecule has 0 aliphatic rings. The van der Waals surface area contributed by atoms with E-state index in [4.69, 9.17) is 15.0 Å². The molecule has 3 N–H and O–H groups in total. The molecular formula is C19H43NO3. The maximum absolute atomic E-state index is 9.00. The lowest BCUT2D eigenvalue weighted by Gasteiger charge is -2.04. The number of rotatable bonds is 14. The summed E-state index contributed by atoms with van der Waals surface area (Å²) >= 11 is 0. The molecule has 0 bridgehead atoms. The number of carboxylic acids is 1. The molecule has 0 unspecified atom stereocenters. The topological polar surface area (TPSA) is 69.6 Å². The molecule has 23 heavy (non-hydrogen) atoms. The molecule has 0 spiro atoms. The van der Waals surface area contributed by atoms with Gasteiger partial charge in [-0.05, 0) is 25.9 Å². The number of hydrogen-bond donors (Lipinski definition) is 3. The van der Waals surface area contributed by atoms with E-state index in [2.05, 4.69) is 19.2 Å². The average molecular weight is 334 g/mol. The Morgan fingerprint density at radius 3 is 1.26 bits per heavy atom. The van der Waals surface area contributed by atoms with Crippen LogP contribution in [0, 0.1) is 0 Å². The maximum Gasteiger partial charge on any atom is 0.300 e. The number of hydrogen-bond acceptors (Lipinski definition) is 3. The van der Waals surface area contributed by atoms with Crippen molar-refractivity contribution >= 4 is 5.97 Å². The van der Waals surface area contributed by atoms with Gasteiger partial charge in [0.2, 0.25) is 0 Å². The fourth-order valence-electron chi connectivity index (χ4n) is 2.19. The maximum atomic E-state index is 9.00. The Labute approximate surface area is 145 Å². The van der Waals surface area contributed by atoms with E-state index in [1.54, 1.807) is 0 Å². The molecule has 0 aliphatic heterocycles. The molecule has 0 aromatic rings. The van der Waals surface area contributed by atoms with Crippen LogP contribution in [0.4, 0.5) is 0 Å². The molecule has 4 nitrogen and oxygen atoms in total. The van der Waals surface area contributed by atoms with Crippen molar-refractivity contribution < 1.29 is 15.0 Å². The van der Waals surface area contributed by atoms with Crippen LogP contribution in [0.5, 0.6) is 0 Å². The van der Waals surface area contributed by atoms with Crippen molar-refractivity contribution in [1.82, 2.24) is 5.32 Å². The summed E-state index contributed by atoms with van der Waals surface area (Å²) in [7, 11) is 1.00. The molecule has 0 aromatic heterocycles. The Hall–Kier alpha value is -0.610. The van der Waals surface area contributed by atoms with E-state index in [9.17, 15) is 0 Å². The van der Waals surface area contributed by atoms with Crippen molar-refractivity contribution in [3.63, 3.8) is 0 Å². The van der Waals surface area contributed by atoms with Crippen LogP contribution in [0.25, 0.3) is 0 Å². The van der Waals surface area contributed by atoms with Crippen LogP contribution in [0.3, 0.4) is 0 Å². The molecule has 0 atom stereocenters. The van der Waals surface area contributed by atoms with Crippen LogP contribution >= 0.6 is 0 Å². The number of aliphatic hydroxyl groups is 1.